The molecule has 0 radical (unpaired) electrons. The molecule has 0 aromatic carbocycles. The Bertz CT molecular complexity index is 255. The van der Waals surface area contributed by atoms with Crippen LogP contribution in [0.15, 0.2) is 0 Å². The van der Waals surface area contributed by atoms with Gasteiger partial charge in [-0.15, -0.1) is 0 Å². The summed E-state index contributed by atoms with van der Waals surface area (Å²) < 4.78 is 40.2. The van der Waals surface area contributed by atoms with Crippen LogP contribution in [0.5, 0.6) is 0 Å². The number of alkyl halides is 3. The van der Waals surface area contributed by atoms with Crippen molar-refractivity contribution >= 4 is 0 Å². The van der Waals surface area contributed by atoms with E-state index >= 15 is 0 Å². The van der Waals surface area contributed by atoms with E-state index in [1.165, 1.54) is 6.42 Å². The zero-order chi connectivity index (χ0) is 14.4. The van der Waals surface area contributed by atoms with Gasteiger partial charge in [-0.1, -0.05) is 19.3 Å². The van der Waals surface area contributed by atoms with Crippen molar-refractivity contribution in [2.24, 2.45) is 5.92 Å². The first-order valence-corrected chi connectivity index (χ1v) is 6.88. The summed E-state index contributed by atoms with van der Waals surface area (Å²) in [4.78, 5) is 0. The van der Waals surface area contributed by atoms with Crippen molar-refractivity contribution < 1.29 is 23.0 Å². The van der Waals surface area contributed by atoms with Crippen LogP contribution in [0.4, 0.5) is 13.2 Å². The summed E-state index contributed by atoms with van der Waals surface area (Å²) in [5.41, 5.74) is -0.415. The van der Waals surface area contributed by atoms with Crippen molar-refractivity contribution in [3.63, 3.8) is 0 Å². The molecule has 1 rings (SSSR count). The SMILES string of the molecule is C[C@@](CO)(NCCOCC(F)(F)F)C1CCCCC1. The summed E-state index contributed by atoms with van der Waals surface area (Å²) in [6.45, 7) is 1.04. The van der Waals surface area contributed by atoms with Gasteiger partial charge in [0.05, 0.1) is 13.2 Å². The van der Waals surface area contributed by atoms with Gasteiger partial charge in [-0.2, -0.15) is 13.2 Å². The monoisotopic (exact) mass is 283 g/mol. The molecule has 0 unspecified atom stereocenters. The summed E-state index contributed by atoms with van der Waals surface area (Å²) in [7, 11) is 0. The van der Waals surface area contributed by atoms with Gasteiger partial charge in [-0.25, -0.2) is 0 Å². The van der Waals surface area contributed by atoms with Gasteiger partial charge in [-0.05, 0) is 25.7 Å². The first kappa shape index (κ1) is 16.7. The van der Waals surface area contributed by atoms with E-state index in [2.05, 4.69) is 10.1 Å². The zero-order valence-electron chi connectivity index (χ0n) is 11.4. The third-order valence-electron chi connectivity index (χ3n) is 3.88. The summed E-state index contributed by atoms with van der Waals surface area (Å²) >= 11 is 0. The van der Waals surface area contributed by atoms with Gasteiger partial charge < -0.3 is 15.2 Å². The van der Waals surface area contributed by atoms with Crippen LogP contribution in [-0.2, 0) is 4.74 Å². The molecule has 114 valence electrons. The van der Waals surface area contributed by atoms with E-state index in [0.29, 0.717) is 12.5 Å². The molecule has 3 nitrogen and oxygen atoms in total. The molecule has 19 heavy (non-hydrogen) atoms. The van der Waals surface area contributed by atoms with Crippen molar-refractivity contribution in [2.45, 2.75) is 50.7 Å². The molecular formula is C13H24F3NO2. The molecule has 1 atom stereocenters. The van der Waals surface area contributed by atoms with Crippen LogP contribution < -0.4 is 5.32 Å². The number of halogens is 3. The zero-order valence-corrected chi connectivity index (χ0v) is 11.4. The van der Waals surface area contributed by atoms with Crippen LogP contribution in [0.25, 0.3) is 0 Å². The molecule has 0 bridgehead atoms. The van der Waals surface area contributed by atoms with E-state index in [1.807, 2.05) is 6.92 Å². The largest absolute Gasteiger partial charge is 0.411 e. The molecule has 0 aliphatic heterocycles. The van der Waals surface area contributed by atoms with E-state index < -0.39 is 18.3 Å². The molecular weight excluding hydrogens is 259 g/mol. The maximum Gasteiger partial charge on any atom is 0.411 e. The van der Waals surface area contributed by atoms with E-state index in [1.54, 1.807) is 0 Å². The van der Waals surface area contributed by atoms with Crippen molar-refractivity contribution in [3.05, 3.63) is 0 Å². The molecule has 1 aliphatic carbocycles. The number of ether oxygens (including phenoxy) is 1. The Balaban J connectivity index is 2.27. The molecule has 0 aromatic rings. The average molecular weight is 283 g/mol. The van der Waals surface area contributed by atoms with Gasteiger partial charge in [0.25, 0.3) is 0 Å². The minimum atomic E-state index is -4.27. The van der Waals surface area contributed by atoms with Gasteiger partial charge in [0, 0.05) is 12.1 Å². The molecule has 0 aromatic heterocycles. The van der Waals surface area contributed by atoms with Crippen molar-refractivity contribution in [1.82, 2.24) is 5.32 Å². The normalized spacial score (nSPS) is 21.3. The molecule has 0 amide bonds. The van der Waals surface area contributed by atoms with Crippen molar-refractivity contribution in [1.29, 1.82) is 0 Å². The van der Waals surface area contributed by atoms with Gasteiger partial charge in [-0.3, -0.25) is 0 Å². The number of nitrogens with one attached hydrogen (secondary N) is 1. The van der Waals surface area contributed by atoms with Gasteiger partial charge in [0.15, 0.2) is 0 Å². The summed E-state index contributed by atoms with van der Waals surface area (Å²) in [6, 6.07) is 0. The van der Waals surface area contributed by atoms with E-state index in [0.717, 1.165) is 25.7 Å². The van der Waals surface area contributed by atoms with E-state index in [-0.39, 0.29) is 13.2 Å². The number of hydrogen-bond donors (Lipinski definition) is 2. The van der Waals surface area contributed by atoms with Crippen molar-refractivity contribution in [3.8, 4) is 0 Å². The van der Waals surface area contributed by atoms with Gasteiger partial charge in [0.2, 0.25) is 0 Å². The van der Waals surface area contributed by atoms with Gasteiger partial charge in [0.1, 0.15) is 6.61 Å². The highest BCUT2D eigenvalue weighted by Crippen LogP contribution is 2.32. The Kier molecular flexibility index (Phi) is 6.56. The number of aliphatic hydroxyl groups is 1. The lowest BCUT2D eigenvalue weighted by atomic mass is 9.76. The predicted octanol–water partition coefficient (Wildman–Crippen LogP) is 2.49. The van der Waals surface area contributed by atoms with E-state index in [9.17, 15) is 18.3 Å². The van der Waals surface area contributed by atoms with Crippen LogP contribution in [0.3, 0.4) is 0 Å². The highest BCUT2D eigenvalue weighted by Gasteiger charge is 2.34. The second-order valence-electron chi connectivity index (χ2n) is 5.51. The third-order valence-corrected chi connectivity index (χ3v) is 3.88. The number of aliphatic hydroxyl groups excluding tert-OH is 1. The quantitative estimate of drug-likeness (QED) is 0.705. The Labute approximate surface area is 112 Å². The maximum atomic E-state index is 11.9. The van der Waals surface area contributed by atoms with Crippen LogP contribution in [0.1, 0.15) is 39.0 Å². The summed E-state index contributed by atoms with van der Waals surface area (Å²) in [5, 5.41) is 12.7. The molecule has 6 heteroatoms. The maximum absolute atomic E-state index is 11.9. The topological polar surface area (TPSA) is 41.5 Å². The Hall–Kier alpha value is -0.330. The second kappa shape index (κ2) is 7.45. The fraction of sp³-hybridized carbons (Fsp3) is 1.00. The Morgan fingerprint density at radius 2 is 1.84 bits per heavy atom. The minimum absolute atomic E-state index is 0.00181. The highest BCUT2D eigenvalue weighted by molar-refractivity contribution is 4.91. The van der Waals surface area contributed by atoms with Crippen LogP contribution in [0, 0.1) is 5.92 Å². The summed E-state index contributed by atoms with van der Waals surface area (Å²) in [5.74, 6) is 0.383. The minimum Gasteiger partial charge on any atom is -0.394 e. The molecule has 0 spiro atoms. The van der Waals surface area contributed by atoms with E-state index in [4.69, 9.17) is 0 Å². The molecule has 0 heterocycles. The molecule has 1 fully saturated rings. The molecule has 2 N–H and O–H groups in total. The standard InChI is InChI=1S/C13H24F3NO2/c1-12(9-18,11-5-3-2-4-6-11)17-7-8-19-10-13(14,15)16/h11,17-18H,2-10H2,1H3/t12-/m0/s1. The van der Waals surface area contributed by atoms with Crippen molar-refractivity contribution in [2.75, 3.05) is 26.4 Å². The van der Waals surface area contributed by atoms with Crippen LogP contribution in [-0.4, -0.2) is 43.2 Å². The highest BCUT2D eigenvalue weighted by atomic mass is 19.4. The first-order chi connectivity index (χ1) is 8.87. The predicted molar refractivity (Wildman–Crippen MR) is 66.9 cm³/mol. The lowest BCUT2D eigenvalue weighted by Crippen LogP contribution is -2.53. The smallest absolute Gasteiger partial charge is 0.394 e. The Morgan fingerprint density at radius 3 is 2.37 bits per heavy atom. The molecule has 1 aliphatic rings. The Morgan fingerprint density at radius 1 is 1.21 bits per heavy atom. The average Bonchev–Trinajstić information content (AvgIpc) is 2.38. The molecule has 1 saturated carbocycles. The van der Waals surface area contributed by atoms with Crippen LogP contribution >= 0.6 is 0 Å². The lowest BCUT2D eigenvalue weighted by Gasteiger charge is -2.39. The number of rotatable bonds is 7. The van der Waals surface area contributed by atoms with Gasteiger partial charge >= 0.3 is 6.18 Å². The fourth-order valence-electron chi connectivity index (χ4n) is 2.67. The first-order valence-electron chi connectivity index (χ1n) is 6.88. The molecule has 0 saturated heterocycles. The van der Waals surface area contributed by atoms with Crippen LogP contribution in [0.2, 0.25) is 0 Å². The second-order valence-corrected chi connectivity index (χ2v) is 5.51. The fourth-order valence-corrected chi connectivity index (χ4v) is 2.67. The third kappa shape index (κ3) is 6.10. The number of hydrogen-bond acceptors (Lipinski definition) is 3. The summed E-state index contributed by atoms with van der Waals surface area (Å²) in [6.07, 6.45) is 1.40. The lowest BCUT2D eigenvalue weighted by molar-refractivity contribution is -0.173.